The van der Waals surface area contributed by atoms with Crippen LogP contribution in [0.2, 0.25) is 5.02 Å². The van der Waals surface area contributed by atoms with Gasteiger partial charge in [-0.2, -0.15) is 0 Å². The SMILES string of the molecule is Cn1c(CNc2cccc(C(=O)NCc3cc4c(c(-c5cncc(CNC(=O)c6cccc(NCc7nnc(-c8ccncn8)n7C)c6)c5Cl)c3)NCC4)c2)nnc1-c1ccncn1. The molecule has 0 fully saturated rings. The van der Waals surface area contributed by atoms with Crippen LogP contribution in [-0.4, -0.2) is 72.8 Å². The molecule has 0 saturated heterocycles. The Balaban J connectivity index is 0.829. The van der Waals surface area contributed by atoms with E-state index in [1.807, 2.05) is 53.6 Å². The minimum atomic E-state index is -0.268. The van der Waals surface area contributed by atoms with Gasteiger partial charge in [0.1, 0.15) is 24.0 Å². The van der Waals surface area contributed by atoms with Gasteiger partial charge in [-0.3, -0.25) is 14.6 Å². The second-order valence-corrected chi connectivity index (χ2v) is 15.3. The van der Waals surface area contributed by atoms with Crippen molar-refractivity contribution < 1.29 is 9.59 Å². The summed E-state index contributed by atoms with van der Waals surface area (Å²) >= 11 is 7.09. The summed E-state index contributed by atoms with van der Waals surface area (Å²) < 4.78 is 3.73. The average molecular weight is 873 g/mol. The zero-order valence-electron chi connectivity index (χ0n) is 34.7. The van der Waals surface area contributed by atoms with Gasteiger partial charge in [0, 0.05) is 103 Å². The number of halogens is 1. The van der Waals surface area contributed by atoms with Crippen LogP contribution in [0.15, 0.2) is 110 Å². The molecule has 0 spiro atoms. The molecule has 18 nitrogen and oxygen atoms in total. The summed E-state index contributed by atoms with van der Waals surface area (Å²) in [5.41, 5.74) is 9.09. The molecule has 5 N–H and O–H groups in total. The van der Waals surface area contributed by atoms with Gasteiger partial charge in [0.05, 0.1) is 18.1 Å². The van der Waals surface area contributed by atoms with Crippen molar-refractivity contribution in [3.8, 4) is 34.2 Å². The summed E-state index contributed by atoms with van der Waals surface area (Å²) in [5, 5.41) is 33.9. The molecular formula is C45H41ClN16O2. The number of nitrogens with one attached hydrogen (secondary N) is 5. The van der Waals surface area contributed by atoms with Crippen molar-refractivity contribution in [3.63, 3.8) is 0 Å². The van der Waals surface area contributed by atoms with Crippen LogP contribution < -0.4 is 26.6 Å². The van der Waals surface area contributed by atoms with Crippen LogP contribution in [0, 0.1) is 0 Å². The maximum atomic E-state index is 13.5. The smallest absolute Gasteiger partial charge is 0.251 e. The number of carbonyl (C=O) groups excluding carboxylic acids is 2. The van der Waals surface area contributed by atoms with Gasteiger partial charge < -0.3 is 35.7 Å². The van der Waals surface area contributed by atoms with Crippen LogP contribution in [-0.2, 0) is 46.7 Å². The third-order valence-corrected chi connectivity index (χ3v) is 11.3. The number of amides is 2. The fourth-order valence-electron chi connectivity index (χ4n) is 7.40. The predicted molar refractivity (Wildman–Crippen MR) is 241 cm³/mol. The number of anilines is 3. The minimum absolute atomic E-state index is 0.156. The number of hydrogen-bond acceptors (Lipinski definition) is 14. The van der Waals surface area contributed by atoms with E-state index >= 15 is 0 Å². The Morgan fingerprint density at radius 3 is 1.84 bits per heavy atom. The third kappa shape index (κ3) is 8.93. The predicted octanol–water partition coefficient (Wildman–Crippen LogP) is 5.63. The molecule has 1 aliphatic rings. The van der Waals surface area contributed by atoms with Crippen molar-refractivity contribution in [3.05, 3.63) is 155 Å². The molecule has 0 saturated carbocycles. The minimum Gasteiger partial charge on any atom is -0.384 e. The van der Waals surface area contributed by atoms with Gasteiger partial charge in [-0.05, 0) is 72.1 Å². The summed E-state index contributed by atoms with van der Waals surface area (Å²) in [4.78, 5) is 47.9. The fourth-order valence-corrected chi connectivity index (χ4v) is 7.66. The van der Waals surface area contributed by atoms with Gasteiger partial charge in [0.15, 0.2) is 23.3 Å². The number of benzene rings is 3. The molecule has 0 bridgehead atoms. The summed E-state index contributed by atoms with van der Waals surface area (Å²) in [7, 11) is 3.75. The Labute approximate surface area is 372 Å². The van der Waals surface area contributed by atoms with E-state index in [0.29, 0.717) is 76.0 Å². The lowest BCUT2D eigenvalue weighted by atomic mass is 9.97. The van der Waals surface area contributed by atoms with Crippen LogP contribution in [0.25, 0.3) is 34.2 Å². The summed E-state index contributed by atoms with van der Waals surface area (Å²) in [5.74, 6) is 2.17. The highest BCUT2D eigenvalue weighted by atomic mass is 35.5. The summed E-state index contributed by atoms with van der Waals surface area (Å²) in [6.07, 6.45) is 10.5. The Morgan fingerprint density at radius 2 is 1.27 bits per heavy atom. The number of nitrogens with zero attached hydrogens (tertiary/aromatic N) is 11. The number of fused-ring (bicyclic) bond motifs is 1. The molecule has 8 aromatic rings. The average Bonchev–Trinajstić information content (AvgIpc) is 4.07. The molecule has 0 radical (unpaired) electrons. The van der Waals surface area contributed by atoms with Crippen LogP contribution in [0.3, 0.4) is 0 Å². The highest BCUT2D eigenvalue weighted by molar-refractivity contribution is 6.34. The molecule has 3 aromatic carbocycles. The molecule has 0 aliphatic carbocycles. The van der Waals surface area contributed by atoms with Gasteiger partial charge >= 0.3 is 0 Å². The molecule has 0 unspecified atom stereocenters. The number of hydrogen-bond donors (Lipinski definition) is 5. The molecule has 2 amide bonds. The Kier molecular flexibility index (Phi) is 11.9. The Morgan fingerprint density at radius 1 is 0.672 bits per heavy atom. The van der Waals surface area contributed by atoms with Crippen molar-refractivity contribution in [1.29, 1.82) is 0 Å². The molecule has 6 heterocycles. The number of rotatable bonds is 15. The van der Waals surface area contributed by atoms with Crippen LogP contribution in [0.1, 0.15) is 49.1 Å². The quantitative estimate of drug-likeness (QED) is 0.0844. The monoisotopic (exact) mass is 872 g/mol. The maximum absolute atomic E-state index is 13.5. The molecule has 19 heteroatoms. The first-order valence-electron chi connectivity index (χ1n) is 20.3. The summed E-state index contributed by atoms with van der Waals surface area (Å²) in [6.45, 7) is 1.99. The number of pyridine rings is 1. The van der Waals surface area contributed by atoms with E-state index in [1.54, 1.807) is 61.2 Å². The van der Waals surface area contributed by atoms with Crippen molar-refractivity contribution in [2.45, 2.75) is 32.6 Å². The molecule has 5 aromatic heterocycles. The lowest BCUT2D eigenvalue weighted by Gasteiger charge is -2.16. The number of aromatic nitrogens is 11. The van der Waals surface area contributed by atoms with E-state index in [1.165, 1.54) is 12.7 Å². The summed E-state index contributed by atoms with van der Waals surface area (Å²) in [6, 6.07) is 22.2. The van der Waals surface area contributed by atoms with E-state index in [4.69, 9.17) is 11.6 Å². The first-order chi connectivity index (χ1) is 31.3. The van der Waals surface area contributed by atoms with Crippen LogP contribution >= 0.6 is 11.6 Å². The Bertz CT molecular complexity index is 2980. The highest BCUT2D eigenvalue weighted by Crippen LogP contribution is 2.40. The first kappa shape index (κ1) is 41.2. The molecule has 320 valence electrons. The van der Waals surface area contributed by atoms with Crippen molar-refractivity contribution in [2.75, 3.05) is 22.5 Å². The van der Waals surface area contributed by atoms with Crippen molar-refractivity contribution in [2.24, 2.45) is 14.1 Å². The molecule has 64 heavy (non-hydrogen) atoms. The van der Waals surface area contributed by atoms with E-state index in [-0.39, 0.29) is 18.4 Å². The normalized spacial score (nSPS) is 11.7. The van der Waals surface area contributed by atoms with Gasteiger partial charge in [-0.15, -0.1) is 20.4 Å². The van der Waals surface area contributed by atoms with Gasteiger partial charge in [-0.25, -0.2) is 19.9 Å². The largest absolute Gasteiger partial charge is 0.384 e. The molecular weight excluding hydrogens is 832 g/mol. The Hall–Kier alpha value is -8.12. The zero-order valence-corrected chi connectivity index (χ0v) is 35.5. The number of carbonyl (C=O) groups is 2. The van der Waals surface area contributed by atoms with E-state index in [0.717, 1.165) is 52.3 Å². The lowest BCUT2D eigenvalue weighted by molar-refractivity contribution is 0.0943. The maximum Gasteiger partial charge on any atom is 0.251 e. The second-order valence-electron chi connectivity index (χ2n) is 14.9. The van der Waals surface area contributed by atoms with E-state index in [9.17, 15) is 9.59 Å². The standard InChI is InChI=1S/C45H41ClN16O2/c1-61-38(57-59-42(61)36-10-12-47-25-55-36)23-51-32-7-3-5-29(17-32)44(63)53-19-27-15-28-9-14-50-41(28)34(16-27)35-22-49-20-31(40(35)46)21-54-45(64)30-6-4-8-33(18-30)52-24-39-58-60-43(62(39)2)37-11-13-48-26-56-37/h3-8,10-13,15-18,20,22,25-26,50-52H,9,14,19,21,23-24H2,1-2H3,(H,53,63)(H,54,64). The van der Waals surface area contributed by atoms with Gasteiger partial charge in [0.25, 0.3) is 11.8 Å². The van der Waals surface area contributed by atoms with E-state index < -0.39 is 0 Å². The van der Waals surface area contributed by atoms with Gasteiger partial charge in [0.2, 0.25) is 0 Å². The third-order valence-electron chi connectivity index (χ3n) is 10.8. The molecule has 0 atom stereocenters. The zero-order chi connectivity index (χ0) is 44.0. The first-order valence-corrected chi connectivity index (χ1v) is 20.7. The molecule has 9 rings (SSSR count). The highest BCUT2D eigenvalue weighted by Gasteiger charge is 2.21. The van der Waals surface area contributed by atoms with Crippen LogP contribution in [0.4, 0.5) is 17.1 Å². The topological polar surface area (TPSA) is 220 Å². The van der Waals surface area contributed by atoms with Gasteiger partial charge in [-0.1, -0.05) is 29.8 Å². The fraction of sp³-hybridized carbons (Fsp3) is 0.178. The van der Waals surface area contributed by atoms with Crippen LogP contribution in [0.5, 0.6) is 0 Å². The molecule has 1 aliphatic heterocycles. The van der Waals surface area contributed by atoms with Crippen molar-refractivity contribution in [1.82, 2.24) is 65.1 Å². The van der Waals surface area contributed by atoms with Crippen molar-refractivity contribution >= 4 is 40.5 Å². The lowest BCUT2D eigenvalue weighted by Crippen LogP contribution is -2.23. The van der Waals surface area contributed by atoms with E-state index in [2.05, 4.69) is 78.0 Å². The second kappa shape index (κ2) is 18.5.